The van der Waals surface area contributed by atoms with E-state index in [0.717, 1.165) is 44.8 Å². The van der Waals surface area contributed by atoms with Crippen LogP contribution in [-0.2, 0) is 18.6 Å². The van der Waals surface area contributed by atoms with Gasteiger partial charge in [-0.3, -0.25) is 4.98 Å². The highest BCUT2D eigenvalue weighted by Gasteiger charge is 2.54. The molecule has 3 atom stereocenters. The molecule has 4 aliphatic rings. The number of aliphatic hydroxyl groups excluding tert-OH is 1. The number of rotatable bonds is 5. The van der Waals surface area contributed by atoms with Crippen LogP contribution in [0.1, 0.15) is 22.4 Å². The van der Waals surface area contributed by atoms with Crippen LogP contribution in [0.5, 0.6) is 5.75 Å². The van der Waals surface area contributed by atoms with Gasteiger partial charge in [-0.1, -0.05) is 30.3 Å². The predicted molar refractivity (Wildman–Crippen MR) is 112 cm³/mol. The third-order valence-electron chi connectivity index (χ3n) is 7.24. The van der Waals surface area contributed by atoms with E-state index in [1.54, 1.807) is 13.1 Å². The van der Waals surface area contributed by atoms with Gasteiger partial charge in [0.15, 0.2) is 0 Å². The van der Waals surface area contributed by atoms with Crippen molar-refractivity contribution in [3.63, 3.8) is 0 Å². The molecule has 29 heavy (non-hydrogen) atoms. The van der Waals surface area contributed by atoms with E-state index in [-0.39, 0.29) is 17.8 Å². The Balaban J connectivity index is 1.50. The van der Waals surface area contributed by atoms with Gasteiger partial charge in [-0.15, -0.1) is 0 Å². The van der Waals surface area contributed by atoms with E-state index in [4.69, 9.17) is 0 Å². The topological polar surface area (TPSA) is 71.9 Å². The molecule has 0 saturated carbocycles. The first-order valence-electron chi connectivity index (χ1n) is 10.6. The van der Waals surface area contributed by atoms with Crippen molar-refractivity contribution >= 4 is 0 Å². The zero-order chi connectivity index (χ0) is 20.0. The van der Waals surface area contributed by atoms with Gasteiger partial charge >= 0.3 is 0 Å². The van der Waals surface area contributed by atoms with E-state index in [2.05, 4.69) is 50.4 Å². The van der Waals surface area contributed by atoms with Gasteiger partial charge in [0.05, 0.1) is 12.3 Å². The summed E-state index contributed by atoms with van der Waals surface area (Å²) in [6.45, 7) is 8.91. The lowest BCUT2D eigenvalue weighted by molar-refractivity contribution is 0.0173. The van der Waals surface area contributed by atoms with Crippen molar-refractivity contribution in [2.75, 3.05) is 39.3 Å². The van der Waals surface area contributed by atoms with Gasteiger partial charge in [0.1, 0.15) is 5.75 Å². The molecule has 4 aliphatic heterocycles. The number of aromatic hydroxyl groups is 1. The van der Waals surface area contributed by atoms with Crippen molar-refractivity contribution in [3.05, 3.63) is 58.9 Å². The highest BCUT2D eigenvalue weighted by molar-refractivity contribution is 5.41. The SMILES string of the molecule is Cc1ncc(CO)c(CNC2C3CN4CCN(C3)CC2(c2ccccc2)C4)c1O. The zero-order valence-corrected chi connectivity index (χ0v) is 17.0. The Bertz CT molecular complexity index is 872. The molecule has 3 N–H and O–H groups in total. The Kier molecular flexibility index (Phi) is 4.82. The largest absolute Gasteiger partial charge is 0.506 e. The molecule has 1 aromatic heterocycles. The van der Waals surface area contributed by atoms with Crippen molar-refractivity contribution in [3.8, 4) is 5.75 Å². The molecule has 6 nitrogen and oxygen atoms in total. The maximum Gasteiger partial charge on any atom is 0.141 e. The molecule has 4 saturated heterocycles. The third kappa shape index (κ3) is 3.15. The fourth-order valence-electron chi connectivity index (χ4n) is 5.90. The summed E-state index contributed by atoms with van der Waals surface area (Å²) in [7, 11) is 0. The van der Waals surface area contributed by atoms with Gasteiger partial charge in [0.25, 0.3) is 0 Å². The number of aliphatic hydroxyl groups is 1. The van der Waals surface area contributed by atoms with Crippen LogP contribution in [0.15, 0.2) is 36.5 Å². The summed E-state index contributed by atoms with van der Waals surface area (Å²) >= 11 is 0. The van der Waals surface area contributed by atoms with Crippen molar-refractivity contribution in [2.24, 2.45) is 5.92 Å². The van der Waals surface area contributed by atoms with Gasteiger partial charge < -0.3 is 25.3 Å². The molecule has 0 spiro atoms. The number of hydrogen-bond donors (Lipinski definition) is 3. The summed E-state index contributed by atoms with van der Waals surface area (Å²) in [4.78, 5) is 9.47. The monoisotopic (exact) mass is 394 g/mol. The van der Waals surface area contributed by atoms with Gasteiger partial charge in [-0.05, 0) is 12.5 Å². The highest BCUT2D eigenvalue weighted by atomic mass is 16.3. The number of pyridine rings is 1. The van der Waals surface area contributed by atoms with Crippen LogP contribution in [0.4, 0.5) is 0 Å². The number of aryl methyl sites for hydroxylation is 1. The van der Waals surface area contributed by atoms with Crippen LogP contribution in [0.2, 0.25) is 0 Å². The van der Waals surface area contributed by atoms with E-state index in [9.17, 15) is 10.2 Å². The summed E-state index contributed by atoms with van der Waals surface area (Å²) in [5.74, 6) is 0.745. The molecular formula is C23H30N4O2. The number of hydrogen-bond acceptors (Lipinski definition) is 6. The van der Waals surface area contributed by atoms with Crippen LogP contribution in [0.3, 0.4) is 0 Å². The van der Waals surface area contributed by atoms with E-state index in [0.29, 0.717) is 29.8 Å². The molecule has 4 bridgehead atoms. The van der Waals surface area contributed by atoms with E-state index >= 15 is 0 Å². The molecular weight excluding hydrogens is 364 g/mol. The van der Waals surface area contributed by atoms with Crippen LogP contribution in [-0.4, -0.2) is 70.3 Å². The minimum absolute atomic E-state index is 0.0377. The molecule has 3 unspecified atom stereocenters. The Morgan fingerprint density at radius 2 is 1.83 bits per heavy atom. The fourth-order valence-corrected chi connectivity index (χ4v) is 5.90. The van der Waals surface area contributed by atoms with Crippen molar-refractivity contribution in [1.82, 2.24) is 20.1 Å². The summed E-state index contributed by atoms with van der Waals surface area (Å²) in [5.41, 5.74) is 3.52. The van der Waals surface area contributed by atoms with Crippen LogP contribution in [0.25, 0.3) is 0 Å². The fraction of sp³-hybridized carbons (Fsp3) is 0.522. The smallest absolute Gasteiger partial charge is 0.141 e. The highest BCUT2D eigenvalue weighted by Crippen LogP contribution is 2.43. The number of piperidine rings is 2. The van der Waals surface area contributed by atoms with Crippen LogP contribution >= 0.6 is 0 Å². The summed E-state index contributed by atoms with van der Waals surface area (Å²) in [5, 5.41) is 24.2. The number of fused-ring (bicyclic) bond motifs is 1. The Morgan fingerprint density at radius 3 is 2.48 bits per heavy atom. The number of nitrogens with zero attached hydrogens (tertiary/aromatic N) is 3. The minimum atomic E-state index is -0.114. The Morgan fingerprint density at radius 1 is 1.14 bits per heavy atom. The van der Waals surface area contributed by atoms with Crippen molar-refractivity contribution in [2.45, 2.75) is 31.5 Å². The van der Waals surface area contributed by atoms with Gasteiger partial charge in [0, 0.05) is 80.5 Å². The Labute approximate surface area is 172 Å². The second kappa shape index (κ2) is 7.36. The summed E-state index contributed by atoms with van der Waals surface area (Å²) in [6.07, 6.45) is 1.68. The molecule has 6 rings (SSSR count). The van der Waals surface area contributed by atoms with Crippen LogP contribution in [0, 0.1) is 12.8 Å². The number of nitrogens with one attached hydrogen (secondary N) is 1. The van der Waals surface area contributed by atoms with Gasteiger partial charge in [-0.25, -0.2) is 0 Å². The molecule has 0 radical (unpaired) electrons. The summed E-state index contributed by atoms with van der Waals surface area (Å²) < 4.78 is 0. The second-order valence-electron chi connectivity index (χ2n) is 8.97. The standard InChI is InChI=1S/C23H30N4O2/c1-16-21(29)20(17(13-28)9-24-16)10-25-22-18-11-26-7-8-27(12-18)15-23(22,14-26)19-5-3-2-4-6-19/h2-6,9,18,22,25,28-29H,7-8,10-15H2,1H3. The predicted octanol–water partition coefficient (Wildman–Crippen LogP) is 1.25. The lowest BCUT2D eigenvalue weighted by atomic mass is 9.64. The third-order valence-corrected chi connectivity index (χ3v) is 7.24. The lowest BCUT2D eigenvalue weighted by Crippen LogP contribution is -2.69. The molecule has 5 heterocycles. The van der Waals surface area contributed by atoms with E-state index in [1.165, 1.54) is 5.56 Å². The molecule has 154 valence electrons. The second-order valence-corrected chi connectivity index (χ2v) is 8.97. The first-order chi connectivity index (χ1) is 14.1. The minimum Gasteiger partial charge on any atom is -0.506 e. The number of benzene rings is 1. The van der Waals surface area contributed by atoms with Crippen molar-refractivity contribution < 1.29 is 10.2 Å². The molecule has 0 amide bonds. The lowest BCUT2D eigenvalue weighted by Gasteiger charge is -2.56. The van der Waals surface area contributed by atoms with Gasteiger partial charge in [0.2, 0.25) is 0 Å². The zero-order valence-electron chi connectivity index (χ0n) is 17.0. The maximum absolute atomic E-state index is 10.6. The van der Waals surface area contributed by atoms with E-state index < -0.39 is 0 Å². The average Bonchev–Trinajstić information content (AvgIpc) is 2.99. The summed E-state index contributed by atoms with van der Waals surface area (Å²) in [6, 6.07) is 11.3. The van der Waals surface area contributed by atoms with Crippen molar-refractivity contribution in [1.29, 1.82) is 0 Å². The molecule has 1 aromatic carbocycles. The molecule has 0 aliphatic carbocycles. The maximum atomic E-state index is 10.6. The van der Waals surface area contributed by atoms with E-state index in [1.807, 2.05) is 0 Å². The average molecular weight is 395 g/mol. The van der Waals surface area contributed by atoms with Gasteiger partial charge in [-0.2, -0.15) is 0 Å². The molecule has 6 heteroatoms. The molecule has 4 fully saturated rings. The first-order valence-corrected chi connectivity index (χ1v) is 10.6. The Hall–Kier alpha value is -1.99. The van der Waals surface area contributed by atoms with Crippen LogP contribution < -0.4 is 5.32 Å². The number of aromatic nitrogens is 1. The molecule has 2 aromatic rings. The quantitative estimate of drug-likeness (QED) is 0.709. The first kappa shape index (κ1) is 19.0. The normalized spacial score (nSPS) is 33.0.